The summed E-state index contributed by atoms with van der Waals surface area (Å²) in [6, 6.07) is -3.85. The lowest BCUT2D eigenvalue weighted by molar-refractivity contribution is -0.142. The molecule has 1 saturated heterocycles. The highest BCUT2D eigenvalue weighted by Gasteiger charge is 2.44. The fraction of sp³-hybridized carbons (Fsp3) is 0.778. The molecule has 10 amide bonds. The summed E-state index contributed by atoms with van der Waals surface area (Å²) >= 11 is 0. The second-order valence-electron chi connectivity index (χ2n) is 21.0. The van der Waals surface area contributed by atoms with Gasteiger partial charge in [-0.25, -0.2) is 0 Å². The van der Waals surface area contributed by atoms with Gasteiger partial charge in [-0.1, -0.05) is 34.1 Å². The maximum Gasteiger partial charge on any atom is 0.248 e. The first-order valence-corrected chi connectivity index (χ1v) is 22.5. The topological polar surface area (TPSA) is 302 Å². The van der Waals surface area contributed by atoms with Gasteiger partial charge in [-0.15, -0.1) is 0 Å². The molecule has 66 heavy (non-hydrogen) atoms. The number of carbonyl (C=O) groups excluding carboxylic acids is 10. The molecule has 10 N–H and O–H groups in total. The Morgan fingerprint density at radius 3 is 1.33 bits per heavy atom. The van der Waals surface area contributed by atoms with Crippen molar-refractivity contribution < 1.29 is 53.1 Å². The molecular weight excluding hydrogens is 857 g/mol. The van der Waals surface area contributed by atoms with E-state index in [1.54, 1.807) is 27.7 Å². The SMILES string of the molecule is CC[C@@H](C)[C@H](NC(=O)C(C)(C)NC(=O)[C@@H](NC(=O)C(C)(C)NC(=O)C(C)(C)NC(C)=O)C(C)C)C(=O)NC(C)(C)C(=O)NC(C)(C)C(=O)N[C@@H](C)C(=O)NC(C)(C)C(=O)N1CCC[C@H]1CO. The molecule has 1 rings (SSSR count). The van der Waals surface area contributed by atoms with Crippen molar-refractivity contribution in [3.8, 4) is 0 Å². The summed E-state index contributed by atoms with van der Waals surface area (Å²) in [4.78, 5) is 135. The Hall–Kier alpha value is -5.34. The van der Waals surface area contributed by atoms with E-state index < -0.39 is 116 Å². The molecular formula is C45H80N10O11. The molecule has 1 aliphatic heterocycles. The van der Waals surface area contributed by atoms with Crippen molar-refractivity contribution in [3.05, 3.63) is 0 Å². The molecule has 21 heteroatoms. The van der Waals surface area contributed by atoms with Crippen LogP contribution in [0.4, 0.5) is 0 Å². The van der Waals surface area contributed by atoms with Gasteiger partial charge >= 0.3 is 0 Å². The summed E-state index contributed by atoms with van der Waals surface area (Å²) in [5, 5.41) is 33.3. The predicted octanol–water partition coefficient (Wildman–Crippen LogP) is -0.465. The summed E-state index contributed by atoms with van der Waals surface area (Å²) < 4.78 is 0. The third-order valence-corrected chi connectivity index (χ3v) is 11.6. The van der Waals surface area contributed by atoms with Gasteiger partial charge in [0.15, 0.2) is 0 Å². The molecule has 5 atom stereocenters. The van der Waals surface area contributed by atoms with Crippen molar-refractivity contribution >= 4 is 59.1 Å². The van der Waals surface area contributed by atoms with Crippen LogP contribution in [0.15, 0.2) is 0 Å². The van der Waals surface area contributed by atoms with Gasteiger partial charge in [0.25, 0.3) is 0 Å². The number of aliphatic hydroxyl groups excluding tert-OH is 1. The van der Waals surface area contributed by atoms with Gasteiger partial charge in [0.1, 0.15) is 51.4 Å². The first-order valence-electron chi connectivity index (χ1n) is 22.5. The van der Waals surface area contributed by atoms with Crippen LogP contribution in [0, 0.1) is 11.8 Å². The van der Waals surface area contributed by atoms with Crippen LogP contribution in [-0.4, -0.2) is 140 Å². The van der Waals surface area contributed by atoms with E-state index in [0.29, 0.717) is 19.4 Å². The summed E-state index contributed by atoms with van der Waals surface area (Å²) in [6.07, 6.45) is 1.79. The molecule has 21 nitrogen and oxygen atoms in total. The highest BCUT2D eigenvalue weighted by atomic mass is 16.3. The fourth-order valence-electron chi connectivity index (χ4n) is 6.82. The third kappa shape index (κ3) is 15.9. The maximum absolute atomic E-state index is 13.9. The van der Waals surface area contributed by atoms with Crippen molar-refractivity contribution in [2.24, 2.45) is 11.8 Å². The summed E-state index contributed by atoms with van der Waals surface area (Å²) in [7, 11) is 0. The molecule has 0 spiro atoms. The highest BCUT2D eigenvalue weighted by molar-refractivity contribution is 6.01. The molecule has 0 aromatic rings. The van der Waals surface area contributed by atoms with Crippen LogP contribution >= 0.6 is 0 Å². The van der Waals surface area contributed by atoms with Crippen molar-refractivity contribution in [3.63, 3.8) is 0 Å². The lowest BCUT2D eigenvalue weighted by Gasteiger charge is -2.36. The van der Waals surface area contributed by atoms with Gasteiger partial charge in [-0.3, -0.25) is 47.9 Å². The van der Waals surface area contributed by atoms with Crippen LogP contribution in [0.5, 0.6) is 0 Å². The Labute approximate surface area is 390 Å². The molecule has 0 unspecified atom stereocenters. The van der Waals surface area contributed by atoms with E-state index in [0.717, 1.165) is 6.42 Å². The number of nitrogens with zero attached hydrogens (tertiary/aromatic N) is 1. The van der Waals surface area contributed by atoms with Gasteiger partial charge in [-0.05, 0) is 115 Å². The minimum absolute atomic E-state index is 0.197. The Morgan fingerprint density at radius 1 is 0.530 bits per heavy atom. The predicted molar refractivity (Wildman–Crippen MR) is 247 cm³/mol. The van der Waals surface area contributed by atoms with Crippen molar-refractivity contribution in [2.75, 3.05) is 13.2 Å². The van der Waals surface area contributed by atoms with Gasteiger partial charge in [0.2, 0.25) is 59.1 Å². The van der Waals surface area contributed by atoms with E-state index in [4.69, 9.17) is 0 Å². The zero-order chi connectivity index (χ0) is 51.7. The minimum Gasteiger partial charge on any atom is -0.394 e. The number of likely N-dealkylation sites (tertiary alicyclic amines) is 1. The normalized spacial score (nSPS) is 16.7. The Morgan fingerprint density at radius 2 is 0.909 bits per heavy atom. The average Bonchev–Trinajstić information content (AvgIpc) is 3.65. The lowest BCUT2D eigenvalue weighted by Crippen LogP contribution is -2.67. The van der Waals surface area contributed by atoms with E-state index in [2.05, 4.69) is 47.9 Å². The summed E-state index contributed by atoms with van der Waals surface area (Å²) in [5.74, 6) is -7.52. The average molecular weight is 937 g/mol. The van der Waals surface area contributed by atoms with Crippen LogP contribution in [0.1, 0.15) is 144 Å². The third-order valence-electron chi connectivity index (χ3n) is 11.6. The van der Waals surface area contributed by atoms with E-state index in [9.17, 15) is 53.1 Å². The molecule has 376 valence electrons. The molecule has 1 aliphatic rings. The number of hydrogen-bond donors (Lipinski definition) is 10. The second kappa shape index (κ2) is 22.4. The second-order valence-corrected chi connectivity index (χ2v) is 21.0. The van der Waals surface area contributed by atoms with Crippen LogP contribution in [0.3, 0.4) is 0 Å². The molecule has 0 saturated carbocycles. The smallest absolute Gasteiger partial charge is 0.248 e. The largest absolute Gasteiger partial charge is 0.394 e. The molecule has 1 fully saturated rings. The van der Waals surface area contributed by atoms with Crippen molar-refractivity contribution in [2.45, 2.75) is 201 Å². The van der Waals surface area contributed by atoms with Crippen LogP contribution in [-0.2, 0) is 47.9 Å². The number of hydrogen-bond acceptors (Lipinski definition) is 11. The zero-order valence-electron chi connectivity index (χ0n) is 42.5. The number of carbonyl (C=O) groups is 10. The van der Waals surface area contributed by atoms with Gasteiger partial charge in [0, 0.05) is 13.5 Å². The molecule has 0 bridgehead atoms. The lowest BCUT2D eigenvalue weighted by atomic mass is 9.93. The Bertz CT molecular complexity index is 1860. The molecule has 0 aliphatic carbocycles. The molecule has 0 radical (unpaired) electrons. The maximum atomic E-state index is 13.9. The van der Waals surface area contributed by atoms with Crippen LogP contribution in [0.2, 0.25) is 0 Å². The Balaban J connectivity index is 3.07. The minimum atomic E-state index is -1.65. The zero-order valence-corrected chi connectivity index (χ0v) is 42.5. The first kappa shape index (κ1) is 58.7. The quantitative estimate of drug-likeness (QED) is 0.0663. The van der Waals surface area contributed by atoms with E-state index in [-0.39, 0.29) is 18.6 Å². The summed E-state index contributed by atoms with van der Waals surface area (Å²) in [6.45, 7) is 27.1. The monoisotopic (exact) mass is 937 g/mol. The fourth-order valence-corrected chi connectivity index (χ4v) is 6.82. The van der Waals surface area contributed by atoms with Gasteiger partial charge in [0.05, 0.1) is 12.6 Å². The highest BCUT2D eigenvalue weighted by Crippen LogP contribution is 2.22. The van der Waals surface area contributed by atoms with Crippen LogP contribution in [0.25, 0.3) is 0 Å². The van der Waals surface area contributed by atoms with Gasteiger partial charge < -0.3 is 57.9 Å². The first-order chi connectivity index (χ1) is 29.8. The number of nitrogens with one attached hydrogen (secondary N) is 9. The molecule has 0 aromatic carbocycles. The van der Waals surface area contributed by atoms with Crippen molar-refractivity contribution in [1.29, 1.82) is 0 Å². The summed E-state index contributed by atoms with van der Waals surface area (Å²) in [5.41, 5.74) is -9.14. The molecule has 1 heterocycles. The standard InChI is InChI=1S/C45H80N10O11/c1-19-25(4)30(48-35(62)40(7,8)51-32(59)29(24(2)3)47-36(63)42(11,12)53-37(64)43(13,14)49-27(6)57)33(60)52-44(15,16)38(65)54-41(9,10)34(61)46-26(5)31(58)50-45(17,18)39(66)55-22-20-21-28(55)23-56/h24-26,28-30,56H,19-23H2,1-18H3,(H,46,61)(H,47,63)(H,48,62)(H,49,57)(H,50,58)(H,51,59)(H,52,60)(H,53,64)(H,54,65)/t25-,26+,28+,29+,30+/m1/s1. The van der Waals surface area contributed by atoms with Crippen LogP contribution < -0.4 is 47.9 Å². The van der Waals surface area contributed by atoms with E-state index >= 15 is 0 Å². The Kier molecular flexibility index (Phi) is 19.9. The van der Waals surface area contributed by atoms with E-state index in [1.165, 1.54) is 102 Å². The van der Waals surface area contributed by atoms with E-state index in [1.807, 2.05) is 0 Å². The van der Waals surface area contributed by atoms with Crippen molar-refractivity contribution in [1.82, 2.24) is 52.8 Å². The molecule has 0 aromatic heterocycles. The number of rotatable bonds is 22. The number of amides is 10. The van der Waals surface area contributed by atoms with Gasteiger partial charge in [-0.2, -0.15) is 0 Å². The number of aliphatic hydroxyl groups is 1.